The molecule has 2 aromatic carbocycles. The first-order chi connectivity index (χ1) is 10.8. The number of benzene rings is 2. The van der Waals surface area contributed by atoms with Crippen molar-refractivity contribution < 1.29 is 13.2 Å². The van der Waals surface area contributed by atoms with Crippen LogP contribution in [0.25, 0.3) is 0 Å². The zero-order chi connectivity index (χ0) is 17.0. The Morgan fingerprint density at radius 1 is 1.09 bits per heavy atom. The van der Waals surface area contributed by atoms with Gasteiger partial charge in [-0.2, -0.15) is 0 Å². The van der Waals surface area contributed by atoms with Crippen molar-refractivity contribution in [2.75, 3.05) is 4.72 Å². The maximum Gasteiger partial charge on any atom is 0.237 e. The second-order valence-electron chi connectivity index (χ2n) is 5.26. The number of hydrogen-bond donors (Lipinski definition) is 1. The van der Waals surface area contributed by atoms with Crippen LogP contribution in [0.15, 0.2) is 42.5 Å². The van der Waals surface area contributed by atoms with Crippen molar-refractivity contribution in [1.82, 2.24) is 0 Å². The number of halogens is 2. The van der Waals surface area contributed by atoms with Crippen molar-refractivity contribution in [2.45, 2.75) is 25.7 Å². The van der Waals surface area contributed by atoms with E-state index in [1.54, 1.807) is 42.5 Å². The largest absolute Gasteiger partial charge is 0.491 e. The zero-order valence-corrected chi connectivity index (χ0v) is 15.0. The average molecular weight is 374 g/mol. The molecule has 0 amide bonds. The number of hydrogen-bond acceptors (Lipinski definition) is 3. The minimum absolute atomic E-state index is 0.00351. The predicted molar refractivity (Wildman–Crippen MR) is 94.9 cm³/mol. The molecule has 0 aliphatic rings. The molecule has 0 bridgehead atoms. The zero-order valence-electron chi connectivity index (χ0n) is 12.7. The van der Waals surface area contributed by atoms with Gasteiger partial charge >= 0.3 is 0 Å². The van der Waals surface area contributed by atoms with E-state index in [0.29, 0.717) is 27.0 Å². The van der Waals surface area contributed by atoms with Gasteiger partial charge in [0.2, 0.25) is 10.0 Å². The highest BCUT2D eigenvalue weighted by molar-refractivity contribution is 7.91. The van der Waals surface area contributed by atoms with E-state index in [1.807, 2.05) is 13.8 Å². The summed E-state index contributed by atoms with van der Waals surface area (Å²) in [6.07, 6.45) is 0.00351. The van der Waals surface area contributed by atoms with E-state index in [2.05, 4.69) is 4.72 Å². The summed E-state index contributed by atoms with van der Waals surface area (Å²) >= 11 is 12.0. The molecule has 0 spiro atoms. The molecule has 0 fully saturated rings. The molecule has 0 radical (unpaired) electrons. The van der Waals surface area contributed by atoms with Crippen LogP contribution in [0.2, 0.25) is 10.0 Å². The monoisotopic (exact) mass is 373 g/mol. The van der Waals surface area contributed by atoms with Crippen molar-refractivity contribution in [1.29, 1.82) is 0 Å². The van der Waals surface area contributed by atoms with Crippen molar-refractivity contribution >= 4 is 38.9 Å². The highest BCUT2D eigenvalue weighted by atomic mass is 35.5. The fourth-order valence-electron chi connectivity index (χ4n) is 1.98. The Morgan fingerprint density at radius 3 is 2.30 bits per heavy atom. The van der Waals surface area contributed by atoms with Gasteiger partial charge in [0, 0.05) is 21.7 Å². The Hall–Kier alpha value is -1.43. The van der Waals surface area contributed by atoms with E-state index >= 15 is 0 Å². The first-order valence-corrected chi connectivity index (χ1v) is 9.38. The summed E-state index contributed by atoms with van der Waals surface area (Å²) in [6, 6.07) is 11.6. The molecule has 0 atom stereocenters. The van der Waals surface area contributed by atoms with Crippen LogP contribution >= 0.6 is 23.2 Å². The maximum absolute atomic E-state index is 12.3. The molecular formula is C16H17Cl2NO3S. The van der Waals surface area contributed by atoms with Gasteiger partial charge in [-0.3, -0.25) is 4.72 Å². The molecule has 0 unspecified atom stereocenters. The molecule has 2 rings (SSSR count). The summed E-state index contributed by atoms with van der Waals surface area (Å²) in [4.78, 5) is 0. The Bertz CT molecular complexity index is 771. The highest BCUT2D eigenvalue weighted by Gasteiger charge is 2.17. The normalized spacial score (nSPS) is 11.5. The summed E-state index contributed by atoms with van der Waals surface area (Å²) in [6.45, 7) is 3.80. The Labute approximate surface area is 146 Å². The van der Waals surface area contributed by atoms with E-state index in [1.165, 1.54) is 0 Å². The average Bonchev–Trinajstić information content (AvgIpc) is 2.42. The van der Waals surface area contributed by atoms with Gasteiger partial charge in [0.1, 0.15) is 5.75 Å². The summed E-state index contributed by atoms with van der Waals surface area (Å²) in [7, 11) is -3.65. The van der Waals surface area contributed by atoms with Crippen LogP contribution in [0, 0.1) is 0 Å². The third-order valence-electron chi connectivity index (χ3n) is 2.88. The van der Waals surface area contributed by atoms with E-state index in [0.717, 1.165) is 0 Å². The van der Waals surface area contributed by atoms with E-state index in [-0.39, 0.29) is 11.9 Å². The molecule has 23 heavy (non-hydrogen) atoms. The molecule has 0 aliphatic heterocycles. The molecule has 0 aliphatic carbocycles. The van der Waals surface area contributed by atoms with Gasteiger partial charge < -0.3 is 4.74 Å². The SMILES string of the molecule is CC(C)Oc1cccc(NS(=O)(=O)Cc2c(Cl)cccc2Cl)c1. The van der Waals surface area contributed by atoms with Crippen LogP contribution < -0.4 is 9.46 Å². The summed E-state index contributed by atoms with van der Waals surface area (Å²) in [5.74, 6) is 0.289. The van der Waals surface area contributed by atoms with Gasteiger partial charge in [-0.05, 0) is 38.1 Å². The molecule has 1 N–H and O–H groups in total. The van der Waals surface area contributed by atoms with E-state index in [4.69, 9.17) is 27.9 Å². The summed E-state index contributed by atoms with van der Waals surface area (Å²) < 4.78 is 32.7. The molecule has 0 saturated carbocycles. The second kappa shape index (κ2) is 7.43. The number of ether oxygens (including phenoxy) is 1. The van der Waals surface area contributed by atoms with Gasteiger partial charge in [0.15, 0.2) is 0 Å². The van der Waals surface area contributed by atoms with Crippen LogP contribution in [0.1, 0.15) is 19.4 Å². The number of sulfonamides is 1. The van der Waals surface area contributed by atoms with Crippen molar-refractivity contribution in [3.05, 3.63) is 58.1 Å². The van der Waals surface area contributed by atoms with Crippen molar-refractivity contribution in [3.8, 4) is 5.75 Å². The van der Waals surface area contributed by atoms with Gasteiger partial charge in [-0.1, -0.05) is 35.3 Å². The Balaban J connectivity index is 2.18. The lowest BCUT2D eigenvalue weighted by molar-refractivity contribution is 0.242. The van der Waals surface area contributed by atoms with Crippen LogP contribution in [-0.2, 0) is 15.8 Å². The number of rotatable bonds is 6. The van der Waals surface area contributed by atoms with Crippen molar-refractivity contribution in [2.24, 2.45) is 0 Å². The maximum atomic E-state index is 12.3. The lowest BCUT2D eigenvalue weighted by Crippen LogP contribution is -2.15. The molecular weight excluding hydrogens is 357 g/mol. The number of anilines is 1. The fraction of sp³-hybridized carbons (Fsp3) is 0.250. The first kappa shape index (κ1) is 17.9. The van der Waals surface area contributed by atoms with E-state index in [9.17, 15) is 8.42 Å². The molecule has 4 nitrogen and oxygen atoms in total. The summed E-state index contributed by atoms with van der Waals surface area (Å²) in [5, 5.41) is 0.638. The Morgan fingerprint density at radius 2 is 1.70 bits per heavy atom. The fourth-order valence-corrected chi connectivity index (χ4v) is 3.92. The molecule has 7 heteroatoms. The van der Waals surface area contributed by atoms with E-state index < -0.39 is 10.0 Å². The lowest BCUT2D eigenvalue weighted by atomic mass is 10.2. The molecule has 0 aromatic heterocycles. The quantitative estimate of drug-likeness (QED) is 0.796. The Kier molecular flexibility index (Phi) is 5.79. The van der Waals surface area contributed by atoms with Gasteiger partial charge in [-0.25, -0.2) is 8.42 Å². The lowest BCUT2D eigenvalue weighted by Gasteiger charge is -2.13. The molecule has 0 saturated heterocycles. The topological polar surface area (TPSA) is 55.4 Å². The smallest absolute Gasteiger partial charge is 0.237 e. The van der Waals surface area contributed by atoms with Gasteiger partial charge in [0.05, 0.1) is 17.5 Å². The first-order valence-electron chi connectivity index (χ1n) is 6.97. The van der Waals surface area contributed by atoms with Gasteiger partial charge in [0.25, 0.3) is 0 Å². The van der Waals surface area contributed by atoms with Gasteiger partial charge in [-0.15, -0.1) is 0 Å². The molecule has 2 aromatic rings. The standard InChI is InChI=1S/C16H17Cl2NO3S/c1-11(2)22-13-6-3-5-12(9-13)19-23(20,21)10-14-15(17)7-4-8-16(14)18/h3-9,11,19H,10H2,1-2H3. The highest BCUT2D eigenvalue weighted by Crippen LogP contribution is 2.27. The summed E-state index contributed by atoms with van der Waals surface area (Å²) in [5.41, 5.74) is 0.796. The third kappa shape index (κ3) is 5.30. The molecule has 124 valence electrons. The molecule has 0 heterocycles. The van der Waals surface area contributed by atoms with Crippen LogP contribution in [0.5, 0.6) is 5.75 Å². The second-order valence-corrected chi connectivity index (χ2v) is 7.79. The van der Waals surface area contributed by atoms with Crippen LogP contribution in [0.3, 0.4) is 0 Å². The minimum atomic E-state index is -3.65. The van der Waals surface area contributed by atoms with Crippen LogP contribution in [0.4, 0.5) is 5.69 Å². The third-order valence-corrected chi connectivity index (χ3v) is 4.80. The van der Waals surface area contributed by atoms with Crippen LogP contribution in [-0.4, -0.2) is 14.5 Å². The minimum Gasteiger partial charge on any atom is -0.491 e. The number of nitrogens with one attached hydrogen (secondary N) is 1. The predicted octanol–water partition coefficient (Wildman–Crippen LogP) is 4.72. The van der Waals surface area contributed by atoms with Crippen molar-refractivity contribution in [3.63, 3.8) is 0 Å².